The van der Waals surface area contributed by atoms with Crippen molar-refractivity contribution in [1.29, 1.82) is 0 Å². The summed E-state index contributed by atoms with van der Waals surface area (Å²) < 4.78 is 0. The van der Waals surface area contributed by atoms with Crippen LogP contribution in [0.1, 0.15) is 19.5 Å². The molecule has 0 saturated heterocycles. The molecule has 6 heteroatoms. The van der Waals surface area contributed by atoms with Crippen LogP contribution in [-0.2, 0) is 11.3 Å². The molecule has 0 aliphatic carbocycles. The van der Waals surface area contributed by atoms with Gasteiger partial charge in [-0.2, -0.15) is 0 Å². The fourth-order valence-corrected chi connectivity index (χ4v) is 2.57. The monoisotopic (exact) mass is 270 g/mol. The van der Waals surface area contributed by atoms with Crippen LogP contribution in [0.3, 0.4) is 0 Å². The van der Waals surface area contributed by atoms with Crippen LogP contribution < -0.4 is 10.2 Å². The molecule has 18 heavy (non-hydrogen) atoms. The van der Waals surface area contributed by atoms with Gasteiger partial charge in [0.1, 0.15) is 0 Å². The van der Waals surface area contributed by atoms with Crippen LogP contribution in [0.4, 0.5) is 5.13 Å². The van der Waals surface area contributed by atoms with Crippen LogP contribution in [0.2, 0.25) is 0 Å². The minimum absolute atomic E-state index is 0.0435. The summed E-state index contributed by atoms with van der Waals surface area (Å²) in [6.45, 7) is 6.95. The molecule has 0 saturated carbocycles. The van der Waals surface area contributed by atoms with Gasteiger partial charge in [0.15, 0.2) is 5.13 Å². The van der Waals surface area contributed by atoms with E-state index in [9.17, 15) is 4.79 Å². The van der Waals surface area contributed by atoms with Crippen LogP contribution in [0.25, 0.3) is 0 Å². The summed E-state index contributed by atoms with van der Waals surface area (Å²) >= 11 is 1.53. The third kappa shape index (κ3) is 4.36. The first-order chi connectivity index (χ1) is 8.58. The third-order valence-electron chi connectivity index (χ3n) is 2.64. The van der Waals surface area contributed by atoms with E-state index in [-0.39, 0.29) is 5.91 Å². The van der Waals surface area contributed by atoms with E-state index >= 15 is 0 Å². The third-order valence-corrected chi connectivity index (χ3v) is 3.55. The minimum Gasteiger partial charge on any atom is -0.318 e. The SMILES string of the molecule is CCN(C(C)=O)c1nc(CN(C)CCNC)cs1. The summed E-state index contributed by atoms with van der Waals surface area (Å²) in [4.78, 5) is 19.8. The maximum absolute atomic E-state index is 11.4. The van der Waals surface area contributed by atoms with Crippen LogP contribution in [0, 0.1) is 0 Å². The van der Waals surface area contributed by atoms with Crippen molar-refractivity contribution in [3.05, 3.63) is 11.1 Å². The van der Waals surface area contributed by atoms with Crippen molar-refractivity contribution < 1.29 is 4.79 Å². The molecule has 1 aromatic heterocycles. The van der Waals surface area contributed by atoms with Crippen molar-refractivity contribution in [1.82, 2.24) is 15.2 Å². The van der Waals surface area contributed by atoms with Gasteiger partial charge >= 0.3 is 0 Å². The van der Waals surface area contributed by atoms with Gasteiger partial charge in [-0.25, -0.2) is 4.98 Å². The highest BCUT2D eigenvalue weighted by Gasteiger charge is 2.13. The molecule has 0 spiro atoms. The molecule has 0 aliphatic heterocycles. The molecule has 102 valence electrons. The second-order valence-corrected chi connectivity index (χ2v) is 5.06. The highest BCUT2D eigenvalue weighted by Crippen LogP contribution is 2.21. The number of amides is 1. The molecular formula is C12H22N4OS. The fraction of sp³-hybridized carbons (Fsp3) is 0.667. The van der Waals surface area contributed by atoms with Gasteiger partial charge in [-0.15, -0.1) is 11.3 Å². The van der Waals surface area contributed by atoms with Crippen molar-refractivity contribution in [2.24, 2.45) is 0 Å². The Kier molecular flexibility index (Phi) is 6.24. The highest BCUT2D eigenvalue weighted by molar-refractivity contribution is 7.14. The van der Waals surface area contributed by atoms with Crippen molar-refractivity contribution >= 4 is 22.4 Å². The van der Waals surface area contributed by atoms with E-state index in [2.05, 4.69) is 22.2 Å². The molecule has 0 aromatic carbocycles. The Morgan fingerprint density at radius 1 is 1.56 bits per heavy atom. The predicted molar refractivity (Wildman–Crippen MR) is 76.1 cm³/mol. The minimum atomic E-state index is 0.0435. The van der Waals surface area contributed by atoms with E-state index in [1.807, 2.05) is 19.4 Å². The number of nitrogens with zero attached hydrogens (tertiary/aromatic N) is 3. The summed E-state index contributed by atoms with van der Waals surface area (Å²) in [6, 6.07) is 0. The second kappa shape index (κ2) is 7.45. The topological polar surface area (TPSA) is 48.5 Å². The van der Waals surface area contributed by atoms with Crippen molar-refractivity contribution in [3.8, 4) is 0 Å². The van der Waals surface area contributed by atoms with Gasteiger partial charge in [-0.1, -0.05) is 0 Å². The fourth-order valence-electron chi connectivity index (χ4n) is 1.64. The molecule has 1 amide bonds. The second-order valence-electron chi connectivity index (χ2n) is 4.23. The predicted octanol–water partition coefficient (Wildman–Crippen LogP) is 1.17. The number of hydrogen-bond acceptors (Lipinski definition) is 5. The van der Waals surface area contributed by atoms with E-state index in [0.29, 0.717) is 6.54 Å². The van der Waals surface area contributed by atoms with E-state index in [0.717, 1.165) is 30.5 Å². The number of rotatable bonds is 7. The molecule has 1 aromatic rings. The number of aromatic nitrogens is 1. The molecule has 0 bridgehead atoms. The summed E-state index contributed by atoms with van der Waals surface area (Å²) in [5.41, 5.74) is 1.02. The average molecular weight is 270 g/mol. The largest absolute Gasteiger partial charge is 0.318 e. The van der Waals surface area contributed by atoms with Crippen LogP contribution >= 0.6 is 11.3 Å². The van der Waals surface area contributed by atoms with Gasteiger partial charge in [0.05, 0.1) is 5.69 Å². The average Bonchev–Trinajstić information content (AvgIpc) is 2.75. The number of anilines is 1. The van der Waals surface area contributed by atoms with E-state index in [4.69, 9.17) is 0 Å². The van der Waals surface area contributed by atoms with Crippen molar-refractivity contribution in [2.75, 3.05) is 38.6 Å². The summed E-state index contributed by atoms with van der Waals surface area (Å²) in [5, 5.41) is 5.94. The zero-order valence-corrected chi connectivity index (χ0v) is 12.4. The van der Waals surface area contributed by atoms with Gasteiger partial charge in [-0.3, -0.25) is 14.6 Å². The molecule has 0 fully saturated rings. The maximum atomic E-state index is 11.4. The van der Waals surface area contributed by atoms with Crippen molar-refractivity contribution in [2.45, 2.75) is 20.4 Å². The Bertz CT molecular complexity index is 380. The quantitative estimate of drug-likeness (QED) is 0.808. The van der Waals surface area contributed by atoms with Gasteiger partial charge < -0.3 is 5.32 Å². The summed E-state index contributed by atoms with van der Waals surface area (Å²) in [5.74, 6) is 0.0435. The first kappa shape index (κ1) is 15.1. The highest BCUT2D eigenvalue weighted by atomic mass is 32.1. The Hall–Kier alpha value is -0.980. The smallest absolute Gasteiger partial charge is 0.225 e. The summed E-state index contributed by atoms with van der Waals surface area (Å²) in [6.07, 6.45) is 0. The van der Waals surface area contributed by atoms with Crippen LogP contribution in [0.15, 0.2) is 5.38 Å². The van der Waals surface area contributed by atoms with Gasteiger partial charge in [0.25, 0.3) is 0 Å². The van der Waals surface area contributed by atoms with E-state index in [1.54, 1.807) is 11.8 Å². The first-order valence-corrected chi connectivity index (χ1v) is 7.02. The van der Waals surface area contributed by atoms with E-state index < -0.39 is 0 Å². The number of hydrogen-bond donors (Lipinski definition) is 1. The van der Waals surface area contributed by atoms with Gasteiger partial charge in [0.2, 0.25) is 5.91 Å². The van der Waals surface area contributed by atoms with Crippen molar-refractivity contribution in [3.63, 3.8) is 0 Å². The molecule has 1 heterocycles. The lowest BCUT2D eigenvalue weighted by molar-refractivity contribution is -0.116. The molecule has 0 radical (unpaired) electrons. The number of thiazole rings is 1. The molecule has 0 unspecified atom stereocenters. The van der Waals surface area contributed by atoms with Gasteiger partial charge in [-0.05, 0) is 21.0 Å². The number of nitrogens with one attached hydrogen (secondary N) is 1. The molecule has 1 N–H and O–H groups in total. The lowest BCUT2D eigenvalue weighted by Crippen LogP contribution is -2.28. The maximum Gasteiger partial charge on any atom is 0.225 e. The normalized spacial score (nSPS) is 10.9. The Balaban J connectivity index is 2.60. The van der Waals surface area contributed by atoms with Crippen LogP contribution in [-0.4, -0.2) is 49.5 Å². The first-order valence-electron chi connectivity index (χ1n) is 6.14. The van der Waals surface area contributed by atoms with Gasteiger partial charge in [0, 0.05) is 38.5 Å². The zero-order valence-electron chi connectivity index (χ0n) is 11.6. The van der Waals surface area contributed by atoms with E-state index in [1.165, 1.54) is 11.3 Å². The number of carbonyl (C=O) groups is 1. The summed E-state index contributed by atoms with van der Waals surface area (Å²) in [7, 11) is 4.01. The molecule has 0 atom stereocenters. The zero-order chi connectivity index (χ0) is 13.5. The lowest BCUT2D eigenvalue weighted by atomic mass is 10.4. The molecule has 0 aliphatic rings. The molecule has 5 nitrogen and oxygen atoms in total. The Labute approximate surface area is 113 Å². The lowest BCUT2D eigenvalue weighted by Gasteiger charge is -2.16. The molecular weight excluding hydrogens is 248 g/mol. The Morgan fingerprint density at radius 3 is 2.83 bits per heavy atom. The number of likely N-dealkylation sites (N-methyl/N-ethyl adjacent to an activating group) is 2. The molecule has 1 rings (SSSR count). The van der Waals surface area contributed by atoms with Crippen LogP contribution in [0.5, 0.6) is 0 Å². The Morgan fingerprint density at radius 2 is 2.28 bits per heavy atom. The number of carbonyl (C=O) groups excluding carboxylic acids is 1. The standard InChI is InChI=1S/C12H22N4OS/c1-5-16(10(2)17)12-14-11(9-18-12)8-15(4)7-6-13-3/h9,13H,5-8H2,1-4H3.